The van der Waals surface area contributed by atoms with Crippen LogP contribution in [-0.2, 0) is 23.3 Å². The number of rotatable bonds is 12. The first-order chi connectivity index (χ1) is 23.6. The first kappa shape index (κ1) is 35.5. The van der Waals surface area contributed by atoms with Gasteiger partial charge in [-0.3, -0.25) is 9.59 Å². The number of hydrogen-bond donors (Lipinski definition) is 4. The van der Waals surface area contributed by atoms with Gasteiger partial charge >= 0.3 is 0 Å². The first-order valence-corrected chi connectivity index (χ1v) is 17.1. The molecule has 258 valence electrons. The molecule has 13 heteroatoms. The average Bonchev–Trinajstić information content (AvgIpc) is 3.18. The number of aliphatic hydroxyl groups excluding tert-OH is 2. The van der Waals surface area contributed by atoms with Gasteiger partial charge in [-0.25, -0.2) is 0 Å². The number of hydrogen-bond acceptors (Lipinski definition) is 8. The Morgan fingerprint density at radius 3 is 1.39 bits per heavy atom. The summed E-state index contributed by atoms with van der Waals surface area (Å²) in [6, 6.07) is 27.9. The van der Waals surface area contributed by atoms with Crippen LogP contribution in [0.1, 0.15) is 31.8 Å². The van der Waals surface area contributed by atoms with Crippen LogP contribution in [0.25, 0.3) is 0 Å². The maximum Gasteiger partial charge on any atom is 0.283 e. The molecule has 1 aliphatic heterocycles. The molecule has 0 saturated carbocycles. The summed E-state index contributed by atoms with van der Waals surface area (Å²) in [6.45, 7) is -1.13. The van der Waals surface area contributed by atoms with E-state index in [2.05, 4.69) is 10.6 Å². The van der Waals surface area contributed by atoms with Crippen molar-refractivity contribution in [1.29, 1.82) is 0 Å². The lowest BCUT2D eigenvalue weighted by atomic mass is 9.98. The number of para-hydroxylation sites is 2. The number of carbonyl (C=O) groups excluding carboxylic acids is 2. The van der Waals surface area contributed by atoms with E-state index >= 15 is 0 Å². The highest BCUT2D eigenvalue weighted by atomic mass is 32.2. The van der Waals surface area contributed by atoms with E-state index < -0.39 is 34.5 Å². The summed E-state index contributed by atoms with van der Waals surface area (Å²) < 4.78 is 44.2. The van der Waals surface area contributed by atoms with Crippen LogP contribution in [0, 0.1) is 0 Å². The number of carbonyl (C=O) groups is 2. The smallest absolute Gasteiger partial charge is 0.283 e. The Bertz CT molecular complexity index is 1700. The molecule has 4 N–H and O–H groups in total. The van der Waals surface area contributed by atoms with Crippen LogP contribution in [0.15, 0.2) is 109 Å². The van der Waals surface area contributed by atoms with Gasteiger partial charge in [0.05, 0.1) is 12.1 Å². The molecule has 0 aliphatic carbocycles. The molecule has 5 rings (SSSR count). The van der Waals surface area contributed by atoms with Crippen molar-refractivity contribution in [2.45, 2.75) is 37.4 Å². The van der Waals surface area contributed by atoms with Crippen molar-refractivity contribution in [3.63, 3.8) is 0 Å². The Labute approximate surface area is 286 Å². The average molecular weight is 689 g/mol. The second kappa shape index (κ2) is 16.1. The minimum atomic E-state index is -4.56. The van der Waals surface area contributed by atoms with Crippen LogP contribution >= 0.6 is 0 Å². The van der Waals surface area contributed by atoms with Gasteiger partial charge in [0.15, 0.2) is 0 Å². The summed E-state index contributed by atoms with van der Waals surface area (Å²) in [5.41, 5.74) is 1.58. The number of aliphatic hydroxyl groups is 2. The summed E-state index contributed by atoms with van der Waals surface area (Å²) in [5.74, 6) is 0.185. The standard InChI is InChI=1S/C36H40N4O8S/c1-37-35(43)27-13-9-11-25(19-27)21-39-31(23-47-29-15-5-3-6-16-29)33(41)34(42)32(24-48-30-17-7-4-8-18-30)40(49(39,45)46)22-26-12-10-14-28(20-26)36(44)38-2/h3-20,31-34,41-42H,21-24H2,1-2H3,(H,37,43)(H,38,44)/t31-,32?,33+,34?/m0/s1. The lowest BCUT2D eigenvalue weighted by molar-refractivity contribution is -0.0565. The van der Waals surface area contributed by atoms with Crippen LogP contribution in [-0.4, -0.2) is 90.7 Å². The van der Waals surface area contributed by atoms with Crippen molar-refractivity contribution in [1.82, 2.24) is 19.2 Å². The third kappa shape index (κ3) is 8.45. The molecule has 4 aromatic rings. The van der Waals surface area contributed by atoms with Gasteiger partial charge in [-0.05, 0) is 59.7 Å². The predicted molar refractivity (Wildman–Crippen MR) is 183 cm³/mol. The van der Waals surface area contributed by atoms with Gasteiger partial charge in [-0.15, -0.1) is 0 Å². The molecular formula is C36H40N4O8S. The van der Waals surface area contributed by atoms with Crippen LogP contribution in [0.4, 0.5) is 0 Å². The van der Waals surface area contributed by atoms with Gasteiger partial charge in [0.25, 0.3) is 22.0 Å². The molecule has 1 fully saturated rings. The maximum absolute atomic E-state index is 15.0. The van der Waals surface area contributed by atoms with Crippen LogP contribution < -0.4 is 20.1 Å². The Balaban J connectivity index is 1.60. The van der Waals surface area contributed by atoms with Crippen LogP contribution in [0.3, 0.4) is 0 Å². The molecule has 0 spiro atoms. The number of ether oxygens (including phenoxy) is 2. The minimum Gasteiger partial charge on any atom is -0.492 e. The van der Waals surface area contributed by atoms with E-state index in [1.165, 1.54) is 14.1 Å². The molecule has 1 aliphatic rings. The van der Waals surface area contributed by atoms with E-state index in [4.69, 9.17) is 9.47 Å². The highest BCUT2D eigenvalue weighted by Crippen LogP contribution is 2.32. The van der Waals surface area contributed by atoms with Gasteiger partial charge in [0.1, 0.15) is 36.9 Å². The van der Waals surface area contributed by atoms with E-state index in [9.17, 15) is 28.2 Å². The topological polar surface area (TPSA) is 158 Å². The van der Waals surface area contributed by atoms with Crippen molar-refractivity contribution < 1.29 is 37.7 Å². The zero-order valence-corrected chi connectivity index (χ0v) is 28.0. The van der Waals surface area contributed by atoms with E-state index in [1.807, 2.05) is 12.1 Å². The maximum atomic E-state index is 15.0. The van der Waals surface area contributed by atoms with Gasteiger partial charge in [-0.1, -0.05) is 60.7 Å². The normalized spacial score (nSPS) is 20.9. The fraction of sp³-hybridized carbons (Fsp3) is 0.278. The largest absolute Gasteiger partial charge is 0.492 e. The van der Waals surface area contributed by atoms with Crippen LogP contribution in [0.2, 0.25) is 0 Å². The third-order valence-corrected chi connectivity index (χ3v) is 10.3. The van der Waals surface area contributed by atoms with Crippen molar-refractivity contribution in [2.75, 3.05) is 27.3 Å². The Morgan fingerprint density at radius 2 is 1.02 bits per heavy atom. The Hall–Kier alpha value is -4.79. The monoisotopic (exact) mass is 688 g/mol. The minimum absolute atomic E-state index is 0.263. The Kier molecular flexibility index (Phi) is 11.6. The van der Waals surface area contributed by atoms with Gasteiger partial charge in [0, 0.05) is 38.3 Å². The highest BCUT2D eigenvalue weighted by molar-refractivity contribution is 7.86. The molecule has 49 heavy (non-hydrogen) atoms. The highest BCUT2D eigenvalue weighted by Gasteiger charge is 2.51. The molecule has 0 aromatic heterocycles. The SMILES string of the molecule is CNC(=O)c1cccc(CN2C(COc3ccccc3)C(O)[C@H](O)[C@H](COc3ccccc3)N(Cc3cccc(C(=O)NC)c3)S2(=O)=O)c1. The van der Waals surface area contributed by atoms with Gasteiger partial charge in [-0.2, -0.15) is 17.0 Å². The van der Waals surface area contributed by atoms with E-state index in [0.29, 0.717) is 33.8 Å². The third-order valence-electron chi connectivity index (χ3n) is 8.31. The zero-order chi connectivity index (χ0) is 35.0. The van der Waals surface area contributed by atoms with Crippen molar-refractivity contribution in [3.05, 3.63) is 131 Å². The number of benzene rings is 4. The summed E-state index contributed by atoms with van der Waals surface area (Å²) in [7, 11) is -1.57. The first-order valence-electron chi connectivity index (χ1n) is 15.7. The van der Waals surface area contributed by atoms with Gasteiger partial charge < -0.3 is 30.3 Å². The lowest BCUT2D eigenvalue weighted by Crippen LogP contribution is -2.52. The van der Waals surface area contributed by atoms with Gasteiger partial charge in [0.2, 0.25) is 0 Å². The summed E-state index contributed by atoms with van der Waals surface area (Å²) in [6.07, 6.45) is -3.26. The summed E-state index contributed by atoms with van der Waals surface area (Å²) in [4.78, 5) is 24.9. The van der Waals surface area contributed by atoms with Crippen molar-refractivity contribution in [2.24, 2.45) is 0 Å². The molecule has 0 bridgehead atoms. The van der Waals surface area contributed by atoms with E-state index in [1.54, 1.807) is 97.1 Å². The second-order valence-electron chi connectivity index (χ2n) is 11.5. The van der Waals surface area contributed by atoms with E-state index in [0.717, 1.165) is 8.61 Å². The molecule has 2 unspecified atom stereocenters. The molecule has 4 aromatic carbocycles. The molecule has 2 amide bonds. The molecular weight excluding hydrogens is 648 g/mol. The molecule has 0 radical (unpaired) electrons. The summed E-state index contributed by atoms with van der Waals surface area (Å²) in [5, 5.41) is 28.8. The lowest BCUT2D eigenvalue weighted by Gasteiger charge is -2.34. The van der Waals surface area contributed by atoms with Crippen molar-refractivity contribution in [3.8, 4) is 11.5 Å². The van der Waals surface area contributed by atoms with Crippen molar-refractivity contribution >= 4 is 22.0 Å². The quantitative estimate of drug-likeness (QED) is 0.177. The second-order valence-corrected chi connectivity index (χ2v) is 13.4. The molecule has 12 nitrogen and oxygen atoms in total. The number of nitrogens with zero attached hydrogens (tertiary/aromatic N) is 2. The predicted octanol–water partition coefficient (Wildman–Crippen LogP) is 2.59. The Morgan fingerprint density at radius 1 is 0.633 bits per heavy atom. The fourth-order valence-electron chi connectivity index (χ4n) is 5.70. The molecule has 1 saturated heterocycles. The number of amides is 2. The molecule has 4 atom stereocenters. The summed E-state index contributed by atoms with van der Waals surface area (Å²) >= 11 is 0. The van der Waals surface area contributed by atoms with Crippen LogP contribution in [0.5, 0.6) is 11.5 Å². The molecule has 1 heterocycles. The zero-order valence-electron chi connectivity index (χ0n) is 27.2. The van der Waals surface area contributed by atoms with E-state index in [-0.39, 0.29) is 38.1 Å². The number of nitrogens with one attached hydrogen (secondary N) is 2. The fourth-order valence-corrected chi connectivity index (χ4v) is 7.65.